The highest BCUT2D eigenvalue weighted by Gasteiger charge is 2.26. The molecular formula is C15H22FNOS. The Morgan fingerprint density at radius 3 is 3.00 bits per heavy atom. The minimum atomic E-state index is -0.241. The molecule has 1 aromatic rings. The van der Waals surface area contributed by atoms with Crippen molar-refractivity contribution in [2.45, 2.75) is 44.0 Å². The normalized spacial score (nSPS) is 22.7. The van der Waals surface area contributed by atoms with Crippen LogP contribution in [0.2, 0.25) is 0 Å². The second-order valence-electron chi connectivity index (χ2n) is 4.85. The van der Waals surface area contributed by atoms with E-state index in [-0.39, 0.29) is 5.82 Å². The molecule has 0 amide bonds. The van der Waals surface area contributed by atoms with Crippen molar-refractivity contribution in [3.8, 4) is 5.75 Å². The third-order valence-electron chi connectivity index (χ3n) is 3.65. The highest BCUT2D eigenvalue weighted by atomic mass is 32.2. The number of thioether (sulfide) groups is 1. The molecule has 1 N–H and O–H groups in total. The van der Waals surface area contributed by atoms with E-state index < -0.39 is 0 Å². The SMILES string of the molecule is CCSC1CCCC1NCc1cccc(OC)c1F. The Hall–Kier alpha value is -0.740. The first kappa shape index (κ1) is 14.7. The molecule has 0 aromatic heterocycles. The zero-order valence-corrected chi connectivity index (χ0v) is 12.4. The lowest BCUT2D eigenvalue weighted by atomic mass is 10.1. The van der Waals surface area contributed by atoms with Crippen LogP contribution < -0.4 is 10.1 Å². The zero-order chi connectivity index (χ0) is 13.7. The van der Waals surface area contributed by atoms with Crippen LogP contribution in [0.5, 0.6) is 5.75 Å². The van der Waals surface area contributed by atoms with Crippen LogP contribution in [0.25, 0.3) is 0 Å². The molecule has 1 aliphatic carbocycles. The summed E-state index contributed by atoms with van der Waals surface area (Å²) in [5.74, 6) is 1.23. The van der Waals surface area contributed by atoms with Crippen LogP contribution >= 0.6 is 11.8 Å². The van der Waals surface area contributed by atoms with Gasteiger partial charge < -0.3 is 10.1 Å². The van der Waals surface area contributed by atoms with Crippen LogP contribution in [0.15, 0.2) is 18.2 Å². The summed E-state index contributed by atoms with van der Waals surface area (Å²) in [5, 5.41) is 4.19. The van der Waals surface area contributed by atoms with Crippen molar-refractivity contribution in [2.75, 3.05) is 12.9 Å². The van der Waals surface area contributed by atoms with E-state index in [0.717, 1.165) is 5.75 Å². The first-order valence-electron chi connectivity index (χ1n) is 6.92. The van der Waals surface area contributed by atoms with Crippen molar-refractivity contribution in [3.05, 3.63) is 29.6 Å². The summed E-state index contributed by atoms with van der Waals surface area (Å²) >= 11 is 2.01. The van der Waals surface area contributed by atoms with Gasteiger partial charge in [0.05, 0.1) is 7.11 Å². The molecule has 1 saturated carbocycles. The number of nitrogens with one attached hydrogen (secondary N) is 1. The van der Waals surface area contributed by atoms with Crippen LogP contribution in [-0.2, 0) is 6.54 Å². The maximum Gasteiger partial charge on any atom is 0.169 e. The van der Waals surface area contributed by atoms with E-state index in [4.69, 9.17) is 4.74 Å². The lowest BCUT2D eigenvalue weighted by Gasteiger charge is -2.20. The summed E-state index contributed by atoms with van der Waals surface area (Å²) in [7, 11) is 1.50. The third-order valence-corrected chi connectivity index (χ3v) is 4.98. The summed E-state index contributed by atoms with van der Waals surface area (Å²) < 4.78 is 19.0. The number of benzene rings is 1. The molecule has 2 nitrogen and oxygen atoms in total. The molecule has 2 atom stereocenters. The standard InChI is InChI=1S/C15H22FNOS/c1-3-19-14-9-5-7-12(14)17-10-11-6-4-8-13(18-2)15(11)16/h4,6,8,12,14,17H,3,5,7,9-10H2,1-2H3. The predicted molar refractivity (Wildman–Crippen MR) is 79.4 cm³/mol. The molecule has 0 heterocycles. The van der Waals surface area contributed by atoms with Gasteiger partial charge in [0.1, 0.15) is 0 Å². The lowest BCUT2D eigenvalue weighted by molar-refractivity contribution is 0.382. The molecule has 0 spiro atoms. The van der Waals surface area contributed by atoms with Crippen molar-refractivity contribution in [1.82, 2.24) is 5.32 Å². The fourth-order valence-electron chi connectivity index (χ4n) is 2.66. The Balaban J connectivity index is 1.95. The van der Waals surface area contributed by atoms with Crippen molar-refractivity contribution in [1.29, 1.82) is 0 Å². The van der Waals surface area contributed by atoms with Crippen molar-refractivity contribution in [3.63, 3.8) is 0 Å². The smallest absolute Gasteiger partial charge is 0.169 e. The highest BCUT2D eigenvalue weighted by Crippen LogP contribution is 2.30. The fraction of sp³-hybridized carbons (Fsp3) is 0.600. The molecule has 2 rings (SSSR count). The molecule has 1 fully saturated rings. The first-order chi connectivity index (χ1) is 9.26. The fourth-order valence-corrected chi connectivity index (χ4v) is 3.89. The Morgan fingerprint density at radius 2 is 2.26 bits per heavy atom. The molecular weight excluding hydrogens is 261 g/mol. The van der Waals surface area contributed by atoms with E-state index in [1.54, 1.807) is 6.07 Å². The van der Waals surface area contributed by atoms with Gasteiger partial charge in [0, 0.05) is 23.4 Å². The van der Waals surface area contributed by atoms with Gasteiger partial charge >= 0.3 is 0 Å². The Labute approximate surface area is 119 Å². The molecule has 1 aromatic carbocycles. The molecule has 0 aliphatic heterocycles. The molecule has 1 aliphatic rings. The monoisotopic (exact) mass is 283 g/mol. The van der Waals surface area contributed by atoms with Crippen LogP contribution in [-0.4, -0.2) is 24.2 Å². The van der Waals surface area contributed by atoms with Gasteiger partial charge in [0.25, 0.3) is 0 Å². The summed E-state index contributed by atoms with van der Waals surface area (Å²) in [6.07, 6.45) is 3.75. The quantitative estimate of drug-likeness (QED) is 0.862. The Bertz CT molecular complexity index is 413. The Morgan fingerprint density at radius 1 is 1.42 bits per heavy atom. The maximum atomic E-state index is 14.0. The van der Waals surface area contributed by atoms with Gasteiger partial charge in [0.2, 0.25) is 0 Å². The highest BCUT2D eigenvalue weighted by molar-refractivity contribution is 7.99. The zero-order valence-electron chi connectivity index (χ0n) is 11.6. The maximum absolute atomic E-state index is 14.0. The van der Waals surface area contributed by atoms with E-state index in [2.05, 4.69) is 12.2 Å². The predicted octanol–water partition coefficient (Wildman–Crippen LogP) is 3.60. The largest absolute Gasteiger partial charge is 0.494 e. The van der Waals surface area contributed by atoms with Crippen molar-refractivity contribution < 1.29 is 9.13 Å². The van der Waals surface area contributed by atoms with E-state index in [1.807, 2.05) is 23.9 Å². The average Bonchev–Trinajstić information content (AvgIpc) is 2.85. The number of rotatable bonds is 6. The number of hydrogen-bond acceptors (Lipinski definition) is 3. The molecule has 0 bridgehead atoms. The van der Waals surface area contributed by atoms with Crippen molar-refractivity contribution >= 4 is 11.8 Å². The van der Waals surface area contributed by atoms with Crippen LogP contribution in [0.1, 0.15) is 31.7 Å². The molecule has 0 saturated heterocycles. The summed E-state index contributed by atoms with van der Waals surface area (Å²) in [4.78, 5) is 0. The van der Waals surface area contributed by atoms with Crippen LogP contribution in [0.4, 0.5) is 4.39 Å². The van der Waals surface area contributed by atoms with Crippen LogP contribution in [0.3, 0.4) is 0 Å². The number of ether oxygens (including phenoxy) is 1. The minimum Gasteiger partial charge on any atom is -0.494 e. The second kappa shape index (κ2) is 7.15. The lowest BCUT2D eigenvalue weighted by Crippen LogP contribution is -2.34. The summed E-state index contributed by atoms with van der Waals surface area (Å²) in [5.41, 5.74) is 0.687. The molecule has 4 heteroatoms. The number of methoxy groups -OCH3 is 1. The Kier molecular flexibility index (Phi) is 5.52. The number of halogens is 1. The summed E-state index contributed by atoms with van der Waals surface area (Å²) in [6, 6.07) is 5.83. The van der Waals surface area contributed by atoms with E-state index in [9.17, 15) is 4.39 Å². The van der Waals surface area contributed by atoms with Gasteiger partial charge in [-0.05, 0) is 24.7 Å². The van der Waals surface area contributed by atoms with Crippen molar-refractivity contribution in [2.24, 2.45) is 0 Å². The average molecular weight is 283 g/mol. The molecule has 19 heavy (non-hydrogen) atoms. The minimum absolute atomic E-state index is 0.241. The first-order valence-corrected chi connectivity index (χ1v) is 7.97. The van der Waals surface area contributed by atoms with Gasteiger partial charge in [0.15, 0.2) is 11.6 Å². The molecule has 2 unspecified atom stereocenters. The van der Waals surface area contributed by atoms with Crippen LogP contribution in [0, 0.1) is 5.82 Å². The van der Waals surface area contributed by atoms with E-state index in [1.165, 1.54) is 26.4 Å². The summed E-state index contributed by atoms with van der Waals surface area (Å²) in [6.45, 7) is 2.77. The van der Waals surface area contributed by atoms with E-state index >= 15 is 0 Å². The third kappa shape index (κ3) is 3.63. The van der Waals surface area contributed by atoms with Gasteiger partial charge in [-0.25, -0.2) is 4.39 Å². The molecule has 0 radical (unpaired) electrons. The number of hydrogen-bond donors (Lipinski definition) is 1. The van der Waals surface area contributed by atoms with Gasteiger partial charge in [-0.3, -0.25) is 0 Å². The van der Waals surface area contributed by atoms with Gasteiger partial charge in [-0.2, -0.15) is 11.8 Å². The molecule has 106 valence electrons. The second-order valence-corrected chi connectivity index (χ2v) is 6.36. The van der Waals surface area contributed by atoms with E-state index in [0.29, 0.717) is 29.1 Å². The topological polar surface area (TPSA) is 21.3 Å². The van der Waals surface area contributed by atoms with Gasteiger partial charge in [-0.15, -0.1) is 0 Å². The van der Waals surface area contributed by atoms with Gasteiger partial charge in [-0.1, -0.05) is 25.5 Å².